The first-order valence-corrected chi connectivity index (χ1v) is 17.7. The van der Waals surface area contributed by atoms with Crippen molar-refractivity contribution in [2.75, 3.05) is 26.4 Å². The predicted molar refractivity (Wildman–Crippen MR) is 168 cm³/mol. The Hall–Kier alpha value is -3.00. The van der Waals surface area contributed by atoms with Crippen LogP contribution in [0.5, 0.6) is 11.5 Å². The van der Waals surface area contributed by atoms with Crippen LogP contribution < -0.4 is 15.1 Å². The third kappa shape index (κ3) is 11.1. The van der Waals surface area contributed by atoms with Gasteiger partial charge in [-0.25, -0.2) is 13.6 Å². The van der Waals surface area contributed by atoms with Crippen molar-refractivity contribution in [1.29, 1.82) is 0 Å². The first kappa shape index (κ1) is 37.5. The highest BCUT2D eigenvalue weighted by molar-refractivity contribution is 6.60. The summed E-state index contributed by atoms with van der Waals surface area (Å²) < 4.78 is 102. The zero-order chi connectivity index (χ0) is 33.7. The average Bonchev–Trinajstić information content (AvgIpc) is 2.99. The number of unbranched alkanes of at least 4 members (excludes halogenated alkanes) is 2. The fourth-order valence-corrected chi connectivity index (χ4v) is 7.70. The Kier molecular flexibility index (Phi) is 14.5. The van der Waals surface area contributed by atoms with Gasteiger partial charge in [0.25, 0.3) is 0 Å². The maximum Gasteiger partial charge on any atom is 0.573 e. The molecule has 0 fully saturated rings. The van der Waals surface area contributed by atoms with Gasteiger partial charge in [0, 0.05) is 49.3 Å². The average molecular weight is 675 g/mol. The predicted octanol–water partition coefficient (Wildman–Crippen LogP) is 8.97. The van der Waals surface area contributed by atoms with E-state index in [2.05, 4.69) is 4.74 Å². The molecular weight excluding hydrogens is 631 g/mol. The van der Waals surface area contributed by atoms with Crippen molar-refractivity contribution in [3.63, 3.8) is 0 Å². The SMILES string of the molecule is CCCCCc1ccc(-c2cc3ccc(OCCC(F)C(F)CC[Si](OCC)(OCC)OCC)cc3oc2=O)c(OC(F)(F)F)c1. The van der Waals surface area contributed by atoms with Crippen LogP contribution in [0.1, 0.15) is 65.4 Å². The summed E-state index contributed by atoms with van der Waals surface area (Å²) in [4.78, 5) is 12.9. The largest absolute Gasteiger partial charge is 0.573 e. The van der Waals surface area contributed by atoms with Crippen LogP contribution in [-0.4, -0.2) is 53.9 Å². The highest BCUT2D eigenvalue weighted by atomic mass is 28.4. The number of benzene rings is 2. The van der Waals surface area contributed by atoms with Gasteiger partial charge in [-0.1, -0.05) is 31.9 Å². The van der Waals surface area contributed by atoms with E-state index in [1.807, 2.05) is 6.92 Å². The molecule has 2 unspecified atom stereocenters. The quantitative estimate of drug-likeness (QED) is 0.0513. The molecule has 7 nitrogen and oxygen atoms in total. The van der Waals surface area contributed by atoms with Gasteiger partial charge in [0.15, 0.2) is 0 Å². The maximum atomic E-state index is 14.7. The van der Waals surface area contributed by atoms with Gasteiger partial charge < -0.3 is 27.2 Å². The molecule has 0 saturated carbocycles. The van der Waals surface area contributed by atoms with Gasteiger partial charge in [-0.2, -0.15) is 0 Å². The zero-order valence-electron chi connectivity index (χ0n) is 26.7. The maximum absolute atomic E-state index is 14.7. The van der Waals surface area contributed by atoms with Crippen LogP contribution in [-0.2, 0) is 19.7 Å². The highest BCUT2D eigenvalue weighted by Crippen LogP contribution is 2.35. The van der Waals surface area contributed by atoms with Crippen LogP contribution in [0.3, 0.4) is 0 Å². The molecule has 256 valence electrons. The van der Waals surface area contributed by atoms with Crippen molar-refractivity contribution in [2.45, 2.75) is 91.0 Å². The minimum Gasteiger partial charge on any atom is -0.493 e. The van der Waals surface area contributed by atoms with Crippen molar-refractivity contribution >= 4 is 19.8 Å². The molecule has 0 aliphatic rings. The molecule has 1 heterocycles. The molecular formula is C33H43F5O7Si. The number of hydrogen-bond donors (Lipinski definition) is 0. The van der Waals surface area contributed by atoms with Crippen molar-refractivity contribution in [2.24, 2.45) is 0 Å². The van der Waals surface area contributed by atoms with Gasteiger partial charge in [-0.05, 0) is 69.9 Å². The molecule has 0 bridgehead atoms. The molecule has 3 aromatic rings. The molecule has 0 aliphatic heterocycles. The fourth-order valence-electron chi connectivity index (χ4n) is 5.07. The second-order valence-corrected chi connectivity index (χ2v) is 13.4. The number of halogens is 5. The second kappa shape index (κ2) is 17.8. The van der Waals surface area contributed by atoms with E-state index in [1.165, 1.54) is 24.3 Å². The Morgan fingerprint density at radius 3 is 2.13 bits per heavy atom. The van der Waals surface area contributed by atoms with E-state index < -0.39 is 38.9 Å². The van der Waals surface area contributed by atoms with Crippen LogP contribution in [0.25, 0.3) is 22.1 Å². The first-order valence-electron chi connectivity index (χ1n) is 15.7. The Balaban J connectivity index is 1.69. The van der Waals surface area contributed by atoms with Crippen LogP contribution in [0.15, 0.2) is 51.7 Å². The van der Waals surface area contributed by atoms with E-state index >= 15 is 0 Å². The lowest BCUT2D eigenvalue weighted by Crippen LogP contribution is -2.46. The zero-order valence-corrected chi connectivity index (χ0v) is 27.7. The van der Waals surface area contributed by atoms with Gasteiger partial charge in [-0.3, -0.25) is 0 Å². The normalized spacial score (nSPS) is 13.6. The number of ether oxygens (including phenoxy) is 2. The molecule has 0 saturated heterocycles. The number of fused-ring (bicyclic) bond motifs is 1. The van der Waals surface area contributed by atoms with Gasteiger partial charge in [0.05, 0.1) is 12.2 Å². The molecule has 46 heavy (non-hydrogen) atoms. The summed E-state index contributed by atoms with van der Waals surface area (Å²) in [5, 5.41) is 0.421. The van der Waals surface area contributed by atoms with Crippen LogP contribution in [0.2, 0.25) is 6.04 Å². The number of aryl methyl sites for hydroxylation is 1. The third-order valence-corrected chi connectivity index (χ3v) is 10.3. The van der Waals surface area contributed by atoms with Crippen LogP contribution >= 0.6 is 0 Å². The van der Waals surface area contributed by atoms with Crippen molar-refractivity contribution in [1.82, 2.24) is 0 Å². The Morgan fingerprint density at radius 2 is 1.50 bits per heavy atom. The van der Waals surface area contributed by atoms with E-state index in [9.17, 15) is 26.7 Å². The molecule has 0 amide bonds. The minimum absolute atomic E-state index is 0.0500. The lowest BCUT2D eigenvalue weighted by molar-refractivity contribution is -0.274. The monoisotopic (exact) mass is 674 g/mol. The molecule has 0 spiro atoms. The summed E-state index contributed by atoms with van der Waals surface area (Å²) in [7, 11) is -3.10. The van der Waals surface area contributed by atoms with Crippen LogP contribution in [0.4, 0.5) is 22.0 Å². The molecule has 1 aromatic heterocycles. The van der Waals surface area contributed by atoms with E-state index in [4.69, 9.17) is 22.4 Å². The third-order valence-electron chi connectivity index (χ3n) is 7.21. The Morgan fingerprint density at radius 1 is 0.826 bits per heavy atom. The summed E-state index contributed by atoms with van der Waals surface area (Å²) >= 11 is 0. The Labute approximate surface area is 267 Å². The molecule has 3 rings (SSSR count). The fraction of sp³-hybridized carbons (Fsp3) is 0.545. The summed E-state index contributed by atoms with van der Waals surface area (Å²) in [5.41, 5.74) is -0.240. The molecule has 0 aliphatic carbocycles. The first-order chi connectivity index (χ1) is 21.9. The molecule has 0 N–H and O–H groups in total. The van der Waals surface area contributed by atoms with Crippen molar-refractivity contribution < 1.29 is 49.1 Å². The summed E-state index contributed by atoms with van der Waals surface area (Å²) in [6, 6.07) is 10.5. The number of hydrogen-bond acceptors (Lipinski definition) is 7. The summed E-state index contributed by atoms with van der Waals surface area (Å²) in [5.74, 6) is -0.235. The minimum atomic E-state index is -4.95. The lowest BCUT2D eigenvalue weighted by atomic mass is 10.00. The molecule has 2 aromatic carbocycles. The van der Waals surface area contributed by atoms with Gasteiger partial charge >= 0.3 is 20.8 Å². The van der Waals surface area contributed by atoms with Gasteiger partial charge in [0.2, 0.25) is 0 Å². The second-order valence-electron chi connectivity index (χ2n) is 10.7. The molecule has 13 heteroatoms. The molecule has 0 radical (unpaired) electrons. The highest BCUT2D eigenvalue weighted by Gasteiger charge is 2.41. The van der Waals surface area contributed by atoms with Crippen molar-refractivity contribution in [3.05, 3.63) is 58.4 Å². The van der Waals surface area contributed by atoms with Crippen LogP contribution in [0, 0.1) is 0 Å². The standard InChI is InChI=1S/C33H43F5O7Si/c1-5-9-10-11-23-12-15-26(31(20-23)45-33(36,37)38)27-21-24-13-14-25(22-30(24)44-32(27)39)40-18-16-28(34)29(35)17-19-46(41-6-2,42-7-3)43-8-4/h12-15,20-22,28-29H,5-11,16-19H2,1-4H3. The van der Waals surface area contributed by atoms with Crippen molar-refractivity contribution in [3.8, 4) is 22.6 Å². The van der Waals surface area contributed by atoms with E-state index in [-0.39, 0.29) is 48.0 Å². The topological polar surface area (TPSA) is 76.4 Å². The number of rotatable bonds is 20. The number of alkyl halides is 5. The van der Waals surface area contributed by atoms with Gasteiger partial charge in [-0.15, -0.1) is 13.2 Å². The Bertz CT molecular complexity index is 1410. The smallest absolute Gasteiger partial charge is 0.493 e. The van der Waals surface area contributed by atoms with E-state index in [0.29, 0.717) is 37.2 Å². The van der Waals surface area contributed by atoms with E-state index in [1.54, 1.807) is 39.0 Å². The lowest BCUT2D eigenvalue weighted by Gasteiger charge is -2.29. The molecule has 2 atom stereocenters. The van der Waals surface area contributed by atoms with E-state index in [0.717, 1.165) is 19.3 Å². The summed E-state index contributed by atoms with van der Waals surface area (Å²) in [6.45, 7) is 8.25. The van der Waals surface area contributed by atoms with Gasteiger partial charge in [0.1, 0.15) is 29.4 Å². The summed E-state index contributed by atoms with van der Waals surface area (Å²) in [6.07, 6.45) is -5.62.